The van der Waals surface area contributed by atoms with Crippen LogP contribution in [0.1, 0.15) is 0 Å². The molecule has 0 spiro atoms. The van der Waals surface area contributed by atoms with Crippen molar-refractivity contribution < 1.29 is 10.0 Å². The van der Waals surface area contributed by atoms with Crippen molar-refractivity contribution in [3.63, 3.8) is 0 Å². The number of hydroxylamine groups is 1. The van der Waals surface area contributed by atoms with Crippen molar-refractivity contribution in [3.8, 4) is 0 Å². The van der Waals surface area contributed by atoms with Crippen LogP contribution in [0.4, 0.5) is 5.69 Å². The Kier molecular flexibility index (Phi) is 4.76. The zero-order valence-corrected chi connectivity index (χ0v) is 13.1. The molecule has 0 amide bonds. The van der Waals surface area contributed by atoms with Crippen LogP contribution < -0.4 is 5.06 Å². The van der Waals surface area contributed by atoms with Gasteiger partial charge in [0.05, 0.1) is 5.69 Å². The number of hydrogen-bond acceptors (Lipinski definition) is 4. The molecule has 0 bridgehead atoms. The first-order valence-corrected chi connectivity index (χ1v) is 7.96. The standard InChI is InChI=1S/C19H15NO2S/c21-19-9-5-4-6-15(19)14-20(22)16-10-12-18(13-11-16)23-17-7-2-1-3-8-17/h1-14,22H/b15-14+. The lowest BCUT2D eigenvalue weighted by atomic mass is 10.1. The van der Waals surface area contributed by atoms with Crippen molar-refractivity contribution in [1.82, 2.24) is 0 Å². The summed E-state index contributed by atoms with van der Waals surface area (Å²) in [5.41, 5.74) is 1.04. The van der Waals surface area contributed by atoms with E-state index in [1.807, 2.05) is 42.5 Å². The molecule has 0 saturated carbocycles. The zero-order chi connectivity index (χ0) is 16.1. The van der Waals surface area contributed by atoms with E-state index in [1.165, 1.54) is 12.3 Å². The first kappa shape index (κ1) is 15.3. The van der Waals surface area contributed by atoms with E-state index in [1.54, 1.807) is 30.0 Å². The Morgan fingerprint density at radius 3 is 2.22 bits per heavy atom. The quantitative estimate of drug-likeness (QED) is 0.659. The summed E-state index contributed by atoms with van der Waals surface area (Å²) in [5.74, 6) is -0.122. The molecule has 0 atom stereocenters. The van der Waals surface area contributed by atoms with Gasteiger partial charge in [-0.05, 0) is 48.6 Å². The Morgan fingerprint density at radius 2 is 1.52 bits per heavy atom. The van der Waals surface area contributed by atoms with Crippen molar-refractivity contribution >= 4 is 23.2 Å². The second-order valence-corrected chi connectivity index (χ2v) is 6.07. The summed E-state index contributed by atoms with van der Waals surface area (Å²) in [6.45, 7) is 0. The summed E-state index contributed by atoms with van der Waals surface area (Å²) in [6, 6.07) is 17.6. The number of benzene rings is 2. The SMILES string of the molecule is O=C1C=CC=C/C1=C\N(O)c1ccc(Sc2ccccc2)cc1. The van der Waals surface area contributed by atoms with Crippen LogP contribution >= 0.6 is 11.8 Å². The smallest absolute Gasteiger partial charge is 0.187 e. The molecule has 1 N–H and O–H groups in total. The van der Waals surface area contributed by atoms with E-state index in [0.29, 0.717) is 11.3 Å². The van der Waals surface area contributed by atoms with Crippen LogP contribution in [0.3, 0.4) is 0 Å². The fraction of sp³-hybridized carbons (Fsp3) is 0. The second kappa shape index (κ2) is 7.13. The molecule has 1 aliphatic carbocycles. The lowest BCUT2D eigenvalue weighted by molar-refractivity contribution is -0.111. The van der Waals surface area contributed by atoms with E-state index < -0.39 is 0 Å². The maximum atomic E-state index is 11.7. The fourth-order valence-electron chi connectivity index (χ4n) is 2.08. The van der Waals surface area contributed by atoms with Gasteiger partial charge in [-0.1, -0.05) is 42.1 Å². The van der Waals surface area contributed by atoms with E-state index in [0.717, 1.165) is 14.9 Å². The summed E-state index contributed by atoms with van der Waals surface area (Å²) in [4.78, 5) is 13.9. The number of carbonyl (C=O) groups excluding carboxylic acids is 1. The van der Waals surface area contributed by atoms with Gasteiger partial charge in [0.1, 0.15) is 0 Å². The molecule has 114 valence electrons. The molecule has 0 saturated heterocycles. The Morgan fingerprint density at radius 1 is 0.870 bits per heavy atom. The molecule has 3 nitrogen and oxygen atoms in total. The molecular weight excluding hydrogens is 306 g/mol. The van der Waals surface area contributed by atoms with Crippen LogP contribution in [0.15, 0.2) is 100 Å². The van der Waals surface area contributed by atoms with Crippen LogP contribution in [0.2, 0.25) is 0 Å². The Labute approximate surface area is 139 Å². The van der Waals surface area contributed by atoms with Gasteiger partial charge in [0.2, 0.25) is 0 Å². The predicted molar refractivity (Wildman–Crippen MR) is 92.6 cm³/mol. The van der Waals surface area contributed by atoms with Gasteiger partial charge in [0, 0.05) is 21.6 Å². The second-order valence-electron chi connectivity index (χ2n) is 4.92. The van der Waals surface area contributed by atoms with E-state index in [9.17, 15) is 10.0 Å². The van der Waals surface area contributed by atoms with Crippen LogP contribution in [-0.2, 0) is 4.79 Å². The van der Waals surface area contributed by atoms with Gasteiger partial charge in [-0.3, -0.25) is 10.0 Å². The summed E-state index contributed by atoms with van der Waals surface area (Å²) in [7, 11) is 0. The maximum absolute atomic E-state index is 11.7. The van der Waals surface area contributed by atoms with Crippen molar-refractivity contribution in [2.24, 2.45) is 0 Å². The van der Waals surface area contributed by atoms with Gasteiger partial charge in [-0.25, -0.2) is 5.06 Å². The molecule has 3 rings (SSSR count). The molecule has 1 aliphatic rings. The Bertz CT molecular complexity index is 777. The highest BCUT2D eigenvalue weighted by Crippen LogP contribution is 2.29. The molecule has 0 aliphatic heterocycles. The van der Waals surface area contributed by atoms with E-state index in [-0.39, 0.29) is 5.78 Å². The van der Waals surface area contributed by atoms with Crippen LogP contribution in [0.5, 0.6) is 0 Å². The highest BCUT2D eigenvalue weighted by molar-refractivity contribution is 7.99. The number of ketones is 1. The van der Waals surface area contributed by atoms with E-state index in [4.69, 9.17) is 0 Å². The molecule has 2 aromatic carbocycles. The summed E-state index contributed by atoms with van der Waals surface area (Å²) >= 11 is 1.65. The topological polar surface area (TPSA) is 40.5 Å². The van der Waals surface area contributed by atoms with Crippen molar-refractivity contribution in [2.75, 3.05) is 5.06 Å². The number of nitrogens with zero attached hydrogens (tertiary/aromatic N) is 1. The van der Waals surface area contributed by atoms with Gasteiger partial charge < -0.3 is 0 Å². The van der Waals surface area contributed by atoms with Gasteiger partial charge in [0.15, 0.2) is 5.78 Å². The van der Waals surface area contributed by atoms with Gasteiger partial charge >= 0.3 is 0 Å². The highest BCUT2D eigenvalue weighted by Gasteiger charge is 2.08. The number of anilines is 1. The van der Waals surface area contributed by atoms with E-state index in [2.05, 4.69) is 12.1 Å². The molecule has 0 aromatic heterocycles. The summed E-state index contributed by atoms with van der Waals surface area (Å²) in [6.07, 6.45) is 8.00. The average molecular weight is 321 g/mol. The van der Waals surface area contributed by atoms with Crippen molar-refractivity contribution in [2.45, 2.75) is 9.79 Å². The number of rotatable bonds is 4. The minimum atomic E-state index is -0.122. The van der Waals surface area contributed by atoms with Crippen LogP contribution in [0.25, 0.3) is 0 Å². The average Bonchev–Trinajstić information content (AvgIpc) is 2.58. The number of carbonyl (C=O) groups is 1. The Hall–Kier alpha value is -2.56. The van der Waals surface area contributed by atoms with Crippen LogP contribution in [-0.4, -0.2) is 11.0 Å². The molecule has 0 radical (unpaired) electrons. The first-order valence-electron chi connectivity index (χ1n) is 7.14. The monoisotopic (exact) mass is 321 g/mol. The van der Waals surface area contributed by atoms with Crippen molar-refractivity contribution in [1.29, 1.82) is 0 Å². The lowest BCUT2D eigenvalue weighted by Crippen LogP contribution is -2.12. The highest BCUT2D eigenvalue weighted by atomic mass is 32.2. The molecule has 4 heteroatoms. The van der Waals surface area contributed by atoms with Gasteiger partial charge in [-0.2, -0.15) is 0 Å². The number of hydrogen-bond donors (Lipinski definition) is 1. The molecule has 0 unspecified atom stereocenters. The zero-order valence-electron chi connectivity index (χ0n) is 12.3. The molecule has 23 heavy (non-hydrogen) atoms. The third-order valence-corrected chi connectivity index (χ3v) is 4.28. The fourth-order valence-corrected chi connectivity index (χ4v) is 2.92. The van der Waals surface area contributed by atoms with Gasteiger partial charge in [0.25, 0.3) is 0 Å². The van der Waals surface area contributed by atoms with E-state index >= 15 is 0 Å². The predicted octanol–water partition coefficient (Wildman–Crippen LogP) is 4.61. The normalized spacial score (nSPS) is 15.2. The molecular formula is C19H15NO2S. The van der Waals surface area contributed by atoms with Crippen LogP contribution in [0, 0.1) is 0 Å². The maximum Gasteiger partial charge on any atom is 0.187 e. The summed E-state index contributed by atoms with van der Waals surface area (Å²) < 4.78 is 0. The van der Waals surface area contributed by atoms with Gasteiger partial charge in [-0.15, -0.1) is 0 Å². The molecule has 2 aromatic rings. The minimum Gasteiger partial charge on any atom is -0.289 e. The summed E-state index contributed by atoms with van der Waals surface area (Å²) in [5, 5.41) is 11.1. The largest absolute Gasteiger partial charge is 0.289 e. The van der Waals surface area contributed by atoms with Crippen molar-refractivity contribution in [3.05, 3.63) is 90.7 Å². The first-order chi connectivity index (χ1) is 11.2. The molecule has 0 fully saturated rings. The lowest BCUT2D eigenvalue weighted by Gasteiger charge is -2.14. The third kappa shape index (κ3) is 4.00. The number of allylic oxidation sites excluding steroid dienone is 5. The molecule has 0 heterocycles. The Balaban J connectivity index is 1.72. The minimum absolute atomic E-state index is 0.122. The third-order valence-electron chi connectivity index (χ3n) is 3.26.